The Hall–Kier alpha value is -0.810. The first-order chi connectivity index (χ1) is 10.8. The van der Waals surface area contributed by atoms with Crippen LogP contribution < -0.4 is 5.73 Å². The van der Waals surface area contributed by atoms with Crippen molar-refractivity contribution in [1.82, 2.24) is 9.80 Å². The van der Waals surface area contributed by atoms with Crippen molar-refractivity contribution in [3.8, 4) is 0 Å². The molecule has 4 nitrogen and oxygen atoms in total. The van der Waals surface area contributed by atoms with Gasteiger partial charge in [0.05, 0.1) is 6.04 Å². The minimum absolute atomic E-state index is 0. The van der Waals surface area contributed by atoms with Crippen molar-refractivity contribution in [2.75, 3.05) is 32.7 Å². The van der Waals surface area contributed by atoms with Crippen molar-refractivity contribution in [3.05, 3.63) is 35.9 Å². The van der Waals surface area contributed by atoms with Gasteiger partial charge in [-0.3, -0.25) is 9.69 Å². The molecule has 1 atom stereocenters. The number of carbonyl (C=O) groups is 1. The van der Waals surface area contributed by atoms with E-state index in [9.17, 15) is 4.79 Å². The van der Waals surface area contributed by atoms with Crippen LogP contribution in [-0.4, -0.2) is 54.5 Å². The van der Waals surface area contributed by atoms with Crippen LogP contribution in [0.25, 0.3) is 0 Å². The number of rotatable bonds is 5. The number of nitrogens with zero attached hydrogens (tertiary/aromatic N) is 2. The van der Waals surface area contributed by atoms with Crippen LogP contribution in [0.1, 0.15) is 32.8 Å². The third kappa shape index (κ3) is 8.41. The third-order valence-corrected chi connectivity index (χ3v) is 4.48. The lowest BCUT2D eigenvalue weighted by Crippen LogP contribution is -2.53. The van der Waals surface area contributed by atoms with E-state index in [-0.39, 0.29) is 30.7 Å². The summed E-state index contributed by atoms with van der Waals surface area (Å²) in [5, 5.41) is 0. The van der Waals surface area contributed by atoms with Crippen LogP contribution in [0, 0.1) is 5.41 Å². The zero-order chi connectivity index (χ0) is 16.9. The number of carbonyl (C=O) groups excluding carboxylic acids is 1. The predicted molar refractivity (Wildman–Crippen MR) is 110 cm³/mol. The Kier molecular flexibility index (Phi) is 10.7. The number of piperazine rings is 1. The fraction of sp³-hybridized carbons (Fsp3) is 0.632. The van der Waals surface area contributed by atoms with Crippen molar-refractivity contribution >= 4 is 30.7 Å². The summed E-state index contributed by atoms with van der Waals surface area (Å²) in [6.07, 6.45) is 1.80. The first kappa shape index (κ1) is 24.2. The Balaban J connectivity index is 0.00000288. The molecule has 0 saturated carbocycles. The number of nitrogens with two attached hydrogens (primary N) is 1. The van der Waals surface area contributed by atoms with Crippen LogP contribution >= 0.6 is 24.8 Å². The summed E-state index contributed by atoms with van der Waals surface area (Å²) in [5.74, 6) is 0.0873. The van der Waals surface area contributed by atoms with Gasteiger partial charge in [0.1, 0.15) is 0 Å². The molecule has 1 aliphatic rings. The largest absolute Gasteiger partial charge is 0.339 e. The van der Waals surface area contributed by atoms with Gasteiger partial charge in [-0.05, 0) is 30.4 Å². The molecule has 2 N–H and O–H groups in total. The average molecular weight is 390 g/mol. The second-order valence-corrected chi connectivity index (χ2v) is 7.77. The van der Waals surface area contributed by atoms with E-state index >= 15 is 0 Å². The van der Waals surface area contributed by atoms with Gasteiger partial charge in [0, 0.05) is 26.2 Å². The maximum Gasteiger partial charge on any atom is 0.239 e. The molecule has 1 saturated heterocycles. The van der Waals surface area contributed by atoms with E-state index in [1.165, 1.54) is 6.42 Å². The molecule has 1 aromatic carbocycles. The maximum atomic E-state index is 12.5. The highest BCUT2D eigenvalue weighted by atomic mass is 35.5. The lowest BCUT2D eigenvalue weighted by atomic mass is 9.92. The van der Waals surface area contributed by atoms with Gasteiger partial charge in [-0.25, -0.2) is 0 Å². The van der Waals surface area contributed by atoms with Gasteiger partial charge in [0.15, 0.2) is 0 Å². The summed E-state index contributed by atoms with van der Waals surface area (Å²) in [7, 11) is 0. The molecule has 0 bridgehead atoms. The van der Waals surface area contributed by atoms with E-state index in [2.05, 4.69) is 25.7 Å². The summed E-state index contributed by atoms with van der Waals surface area (Å²) in [5.41, 5.74) is 7.61. The zero-order valence-corrected chi connectivity index (χ0v) is 17.2. The zero-order valence-electron chi connectivity index (χ0n) is 15.6. The molecule has 0 spiro atoms. The minimum Gasteiger partial charge on any atom is -0.339 e. The molecule has 0 aliphatic carbocycles. The Morgan fingerprint density at radius 2 is 1.64 bits per heavy atom. The van der Waals surface area contributed by atoms with E-state index in [1.807, 2.05) is 35.2 Å². The fourth-order valence-electron chi connectivity index (χ4n) is 2.88. The monoisotopic (exact) mass is 389 g/mol. The summed E-state index contributed by atoms with van der Waals surface area (Å²) < 4.78 is 0. The molecule has 1 amide bonds. The number of halogens is 2. The Morgan fingerprint density at radius 1 is 1.08 bits per heavy atom. The molecule has 6 heteroatoms. The van der Waals surface area contributed by atoms with Gasteiger partial charge in [0.25, 0.3) is 0 Å². The van der Waals surface area contributed by atoms with E-state index in [4.69, 9.17) is 5.73 Å². The lowest BCUT2D eigenvalue weighted by molar-refractivity contribution is -0.134. The van der Waals surface area contributed by atoms with E-state index in [0.29, 0.717) is 11.8 Å². The minimum atomic E-state index is -0.432. The normalized spacial score (nSPS) is 16.6. The van der Waals surface area contributed by atoms with E-state index in [1.54, 1.807) is 0 Å². The molecule has 1 fully saturated rings. The average Bonchev–Trinajstić information content (AvgIpc) is 2.53. The first-order valence-electron chi connectivity index (χ1n) is 8.66. The SMILES string of the molecule is CC(C)(C)CCN1CCN(C(=O)C(N)Cc2ccccc2)CC1.Cl.Cl. The van der Waals surface area contributed by atoms with Crippen molar-refractivity contribution < 1.29 is 4.79 Å². The van der Waals surface area contributed by atoms with Crippen LogP contribution in [0.15, 0.2) is 30.3 Å². The molecule has 1 unspecified atom stereocenters. The van der Waals surface area contributed by atoms with Gasteiger partial charge in [-0.2, -0.15) is 0 Å². The Labute approximate surface area is 164 Å². The molecule has 144 valence electrons. The highest BCUT2D eigenvalue weighted by Crippen LogP contribution is 2.19. The van der Waals surface area contributed by atoms with Gasteiger partial charge in [-0.15, -0.1) is 24.8 Å². The standard InChI is InChI=1S/C19H31N3O.2ClH/c1-19(2,3)9-10-21-11-13-22(14-12-21)18(23)17(20)15-16-7-5-4-6-8-16;;/h4-8,17H,9-15,20H2,1-3H3;2*1H. The molecule has 1 aliphatic heterocycles. The van der Waals surface area contributed by atoms with Crippen LogP contribution in [0.3, 0.4) is 0 Å². The van der Waals surface area contributed by atoms with Crippen molar-refractivity contribution in [1.29, 1.82) is 0 Å². The van der Waals surface area contributed by atoms with Crippen molar-refractivity contribution in [2.45, 2.75) is 39.7 Å². The third-order valence-electron chi connectivity index (χ3n) is 4.48. The molecular formula is C19H33Cl2N3O. The number of hydrogen-bond acceptors (Lipinski definition) is 3. The summed E-state index contributed by atoms with van der Waals surface area (Å²) in [6.45, 7) is 11.4. The predicted octanol–water partition coefficient (Wildman–Crippen LogP) is 2.98. The highest BCUT2D eigenvalue weighted by Gasteiger charge is 2.25. The quantitative estimate of drug-likeness (QED) is 0.841. The molecule has 1 aromatic rings. The Morgan fingerprint density at radius 3 is 2.16 bits per heavy atom. The van der Waals surface area contributed by atoms with Crippen LogP contribution in [-0.2, 0) is 11.2 Å². The molecular weight excluding hydrogens is 357 g/mol. The van der Waals surface area contributed by atoms with Crippen LogP contribution in [0.5, 0.6) is 0 Å². The second-order valence-electron chi connectivity index (χ2n) is 7.77. The van der Waals surface area contributed by atoms with Gasteiger partial charge >= 0.3 is 0 Å². The second kappa shape index (κ2) is 11.0. The lowest BCUT2D eigenvalue weighted by Gasteiger charge is -2.37. The van der Waals surface area contributed by atoms with Gasteiger partial charge in [0.2, 0.25) is 5.91 Å². The first-order valence-corrected chi connectivity index (χ1v) is 8.66. The highest BCUT2D eigenvalue weighted by molar-refractivity contribution is 5.85. The molecule has 2 rings (SSSR count). The summed E-state index contributed by atoms with van der Waals surface area (Å²) in [6, 6.07) is 9.57. The van der Waals surface area contributed by atoms with E-state index < -0.39 is 6.04 Å². The van der Waals surface area contributed by atoms with Gasteiger partial charge in [-0.1, -0.05) is 51.1 Å². The van der Waals surface area contributed by atoms with Crippen LogP contribution in [0.2, 0.25) is 0 Å². The Bertz CT molecular complexity index is 497. The molecule has 0 radical (unpaired) electrons. The molecule has 25 heavy (non-hydrogen) atoms. The molecule has 0 aromatic heterocycles. The number of amides is 1. The molecule has 1 heterocycles. The summed E-state index contributed by atoms with van der Waals surface area (Å²) >= 11 is 0. The van der Waals surface area contributed by atoms with Crippen molar-refractivity contribution in [3.63, 3.8) is 0 Å². The summed E-state index contributed by atoms with van der Waals surface area (Å²) in [4.78, 5) is 16.9. The van der Waals surface area contributed by atoms with Crippen molar-refractivity contribution in [2.24, 2.45) is 11.1 Å². The van der Waals surface area contributed by atoms with Crippen LogP contribution in [0.4, 0.5) is 0 Å². The fourth-order valence-corrected chi connectivity index (χ4v) is 2.88. The maximum absolute atomic E-state index is 12.5. The van der Waals surface area contributed by atoms with E-state index in [0.717, 1.165) is 38.3 Å². The number of hydrogen-bond donors (Lipinski definition) is 1. The number of benzene rings is 1. The topological polar surface area (TPSA) is 49.6 Å². The van der Waals surface area contributed by atoms with Gasteiger partial charge < -0.3 is 10.6 Å². The smallest absolute Gasteiger partial charge is 0.239 e.